The second kappa shape index (κ2) is 9.27. The molecule has 3 heteroatoms. The number of amides is 1. The lowest BCUT2D eigenvalue weighted by Crippen LogP contribution is -2.06. The molecule has 7 heavy (non-hydrogen) atoms. The quantitative estimate of drug-likeness (QED) is 0.389. The number of thiol groups is 1. The average Bonchev–Trinajstić information content (AvgIpc) is 1.73. The highest BCUT2D eigenvalue weighted by atomic mass is 32.1. The third-order valence-electron chi connectivity index (χ3n) is 0.211. The minimum Gasteiger partial charge on any atom is -0.351 e. The van der Waals surface area contributed by atoms with E-state index >= 15 is 0 Å². The van der Waals surface area contributed by atoms with Gasteiger partial charge in [0.15, 0.2) is 0 Å². The molecule has 0 spiro atoms. The predicted octanol–water partition coefficient (Wildman–Crippen LogP) is 0.250. The van der Waals surface area contributed by atoms with E-state index in [9.17, 15) is 4.79 Å². The van der Waals surface area contributed by atoms with Gasteiger partial charge in [-0.05, 0) is 6.26 Å². The minimum atomic E-state index is 0.750. The van der Waals surface area contributed by atoms with E-state index in [0.717, 1.165) is 6.41 Å². The Balaban J connectivity index is 0. The molecule has 0 aliphatic heterocycles. The molecule has 0 heterocycles. The van der Waals surface area contributed by atoms with Crippen LogP contribution in [-0.4, -0.2) is 31.7 Å². The van der Waals surface area contributed by atoms with E-state index < -0.39 is 0 Å². The smallest absolute Gasteiger partial charge is 0.209 e. The van der Waals surface area contributed by atoms with E-state index in [1.165, 1.54) is 4.90 Å². The molecule has 44 valence electrons. The lowest BCUT2D eigenvalue weighted by molar-refractivity contribution is -0.115. The highest BCUT2D eigenvalue weighted by Gasteiger charge is 1.68. The van der Waals surface area contributed by atoms with E-state index in [1.54, 1.807) is 20.4 Å². The van der Waals surface area contributed by atoms with Gasteiger partial charge in [-0.1, -0.05) is 0 Å². The van der Waals surface area contributed by atoms with Crippen molar-refractivity contribution in [2.75, 3.05) is 20.4 Å². The van der Waals surface area contributed by atoms with E-state index in [1.807, 2.05) is 0 Å². The summed E-state index contributed by atoms with van der Waals surface area (Å²) in [5.74, 6) is 0. The van der Waals surface area contributed by atoms with Crippen molar-refractivity contribution in [3.63, 3.8) is 0 Å². The molecule has 0 saturated heterocycles. The molecule has 0 rings (SSSR count). The summed E-state index contributed by atoms with van der Waals surface area (Å²) in [5, 5.41) is 0. The molecule has 0 bridgehead atoms. The summed E-state index contributed by atoms with van der Waals surface area (Å²) in [4.78, 5) is 10.9. The Labute approximate surface area is 49.9 Å². The van der Waals surface area contributed by atoms with Gasteiger partial charge < -0.3 is 4.90 Å². The molecule has 0 saturated carbocycles. The molecule has 0 radical (unpaired) electrons. The molecular formula is C4H11NOS. The third kappa shape index (κ3) is 25.6. The lowest BCUT2D eigenvalue weighted by atomic mass is 11.0. The number of nitrogens with zero attached hydrogens (tertiary/aromatic N) is 1. The molecule has 2 nitrogen and oxygen atoms in total. The van der Waals surface area contributed by atoms with Gasteiger partial charge >= 0.3 is 0 Å². The molecule has 0 N–H and O–H groups in total. The summed E-state index contributed by atoms with van der Waals surface area (Å²) in [5.41, 5.74) is 0. The van der Waals surface area contributed by atoms with Crippen molar-refractivity contribution >= 4 is 19.0 Å². The van der Waals surface area contributed by atoms with Gasteiger partial charge in [0, 0.05) is 14.1 Å². The monoisotopic (exact) mass is 121 g/mol. The Morgan fingerprint density at radius 3 is 1.57 bits per heavy atom. The van der Waals surface area contributed by atoms with Gasteiger partial charge in [-0.25, -0.2) is 0 Å². The molecule has 0 aromatic carbocycles. The van der Waals surface area contributed by atoms with Crippen LogP contribution >= 0.6 is 12.6 Å². The molecule has 0 aliphatic rings. The fourth-order valence-corrected chi connectivity index (χ4v) is 0. The van der Waals surface area contributed by atoms with Crippen molar-refractivity contribution in [1.82, 2.24) is 4.90 Å². The highest BCUT2D eigenvalue weighted by molar-refractivity contribution is 7.79. The zero-order valence-corrected chi connectivity index (χ0v) is 5.77. The fraction of sp³-hybridized carbons (Fsp3) is 0.750. The molecule has 0 aromatic heterocycles. The Bertz CT molecular complexity index is 38.7. The van der Waals surface area contributed by atoms with Crippen LogP contribution in [0.3, 0.4) is 0 Å². The van der Waals surface area contributed by atoms with Crippen molar-refractivity contribution in [3.8, 4) is 0 Å². The topological polar surface area (TPSA) is 20.3 Å². The largest absolute Gasteiger partial charge is 0.351 e. The van der Waals surface area contributed by atoms with Gasteiger partial charge in [-0.15, -0.1) is 0 Å². The molecule has 1 amide bonds. The highest BCUT2D eigenvalue weighted by Crippen LogP contribution is 1.52. The number of hydrogen-bond donors (Lipinski definition) is 1. The standard InChI is InChI=1S/C3H7NO.CH4S/c1-4(2)3-5;1-2/h3H,1-2H3;2H,1H3. The summed E-state index contributed by atoms with van der Waals surface area (Å²) >= 11 is 3.53. The molecule has 0 atom stereocenters. The minimum absolute atomic E-state index is 0.750. The first-order valence-corrected chi connectivity index (χ1v) is 2.73. The number of hydrogen-bond acceptors (Lipinski definition) is 2. The Morgan fingerprint density at radius 2 is 1.57 bits per heavy atom. The van der Waals surface area contributed by atoms with E-state index in [2.05, 4.69) is 12.6 Å². The average molecular weight is 121 g/mol. The fourth-order valence-electron chi connectivity index (χ4n) is 0. The predicted molar refractivity (Wildman–Crippen MR) is 34.7 cm³/mol. The van der Waals surface area contributed by atoms with Crippen LogP contribution in [0.1, 0.15) is 0 Å². The first-order chi connectivity index (χ1) is 3.27. The first kappa shape index (κ1) is 9.94. The lowest BCUT2D eigenvalue weighted by Gasteiger charge is -1.93. The molecule has 0 aliphatic carbocycles. The van der Waals surface area contributed by atoms with Gasteiger partial charge in [-0.2, -0.15) is 12.6 Å². The van der Waals surface area contributed by atoms with Gasteiger partial charge in [0.25, 0.3) is 0 Å². The van der Waals surface area contributed by atoms with Gasteiger partial charge in [0.2, 0.25) is 6.41 Å². The molecular weight excluding hydrogens is 110 g/mol. The van der Waals surface area contributed by atoms with Crippen LogP contribution in [0.2, 0.25) is 0 Å². The zero-order chi connectivity index (χ0) is 6.28. The third-order valence-corrected chi connectivity index (χ3v) is 0.211. The Morgan fingerprint density at radius 1 is 1.43 bits per heavy atom. The molecule has 0 unspecified atom stereocenters. The van der Waals surface area contributed by atoms with Crippen molar-refractivity contribution in [2.24, 2.45) is 0 Å². The van der Waals surface area contributed by atoms with Gasteiger partial charge in [0.1, 0.15) is 0 Å². The van der Waals surface area contributed by atoms with E-state index in [4.69, 9.17) is 0 Å². The van der Waals surface area contributed by atoms with Crippen LogP contribution in [0.4, 0.5) is 0 Å². The maximum atomic E-state index is 9.43. The van der Waals surface area contributed by atoms with Gasteiger partial charge in [0.05, 0.1) is 0 Å². The van der Waals surface area contributed by atoms with Crippen LogP contribution in [-0.2, 0) is 4.79 Å². The SMILES string of the molecule is CN(C)C=O.CS. The number of carbonyl (C=O) groups is 1. The maximum Gasteiger partial charge on any atom is 0.209 e. The van der Waals surface area contributed by atoms with Gasteiger partial charge in [-0.3, -0.25) is 4.79 Å². The van der Waals surface area contributed by atoms with Crippen LogP contribution in [0.5, 0.6) is 0 Å². The number of carbonyl (C=O) groups excluding carboxylic acids is 1. The van der Waals surface area contributed by atoms with Crippen LogP contribution in [0.15, 0.2) is 0 Å². The second-order valence-electron chi connectivity index (χ2n) is 1.07. The van der Waals surface area contributed by atoms with Crippen molar-refractivity contribution in [2.45, 2.75) is 0 Å². The van der Waals surface area contributed by atoms with E-state index in [-0.39, 0.29) is 0 Å². The van der Waals surface area contributed by atoms with Crippen molar-refractivity contribution in [1.29, 1.82) is 0 Å². The maximum absolute atomic E-state index is 9.43. The summed E-state index contributed by atoms with van der Waals surface area (Å²) < 4.78 is 0. The normalized spacial score (nSPS) is 5.71. The van der Waals surface area contributed by atoms with E-state index in [0.29, 0.717) is 0 Å². The van der Waals surface area contributed by atoms with Crippen molar-refractivity contribution < 1.29 is 4.79 Å². The van der Waals surface area contributed by atoms with Crippen LogP contribution in [0.25, 0.3) is 0 Å². The number of rotatable bonds is 1. The second-order valence-corrected chi connectivity index (χ2v) is 1.07. The van der Waals surface area contributed by atoms with Crippen molar-refractivity contribution in [3.05, 3.63) is 0 Å². The summed E-state index contributed by atoms with van der Waals surface area (Å²) in [6, 6.07) is 0. The Kier molecular flexibility index (Phi) is 13.2. The summed E-state index contributed by atoms with van der Waals surface area (Å²) in [7, 11) is 3.38. The zero-order valence-electron chi connectivity index (χ0n) is 4.88. The summed E-state index contributed by atoms with van der Waals surface area (Å²) in [6.45, 7) is 0. The van der Waals surface area contributed by atoms with Crippen LogP contribution in [0, 0.1) is 0 Å². The van der Waals surface area contributed by atoms with Crippen LogP contribution < -0.4 is 0 Å². The summed E-state index contributed by atoms with van der Waals surface area (Å²) in [6.07, 6.45) is 2.44. The molecule has 0 aromatic rings. The first-order valence-electron chi connectivity index (χ1n) is 1.84. The Hall–Kier alpha value is -0.180. The molecule has 0 fully saturated rings.